The Morgan fingerprint density at radius 3 is 2.64 bits per heavy atom. The number of likely N-dealkylation sites (tertiary alicyclic amines) is 1. The van der Waals surface area contributed by atoms with Crippen LogP contribution in [-0.2, 0) is 16.4 Å². The summed E-state index contributed by atoms with van der Waals surface area (Å²) >= 11 is 0. The second kappa shape index (κ2) is 8.23. The van der Waals surface area contributed by atoms with E-state index in [4.69, 9.17) is 5.26 Å². The first-order chi connectivity index (χ1) is 13.4. The maximum Gasteiger partial charge on any atom is 0.283 e. The Balaban J connectivity index is 1.73. The van der Waals surface area contributed by atoms with Gasteiger partial charge >= 0.3 is 0 Å². The number of benzene rings is 2. The molecule has 1 saturated heterocycles. The fourth-order valence-electron chi connectivity index (χ4n) is 2.93. The van der Waals surface area contributed by atoms with Crippen LogP contribution in [0.2, 0.25) is 0 Å². The number of amidine groups is 1. The van der Waals surface area contributed by atoms with Crippen molar-refractivity contribution in [1.29, 1.82) is 5.26 Å². The average Bonchev–Trinajstić information content (AvgIpc) is 3.06. The highest BCUT2D eigenvalue weighted by molar-refractivity contribution is 7.90. The minimum atomic E-state index is -3.78. The molecule has 0 saturated carbocycles. The second-order valence-corrected chi connectivity index (χ2v) is 8.13. The molecule has 1 fully saturated rings. The number of nitrogens with one attached hydrogen (secondary N) is 1. The van der Waals surface area contributed by atoms with Crippen molar-refractivity contribution in [3.05, 3.63) is 59.7 Å². The summed E-state index contributed by atoms with van der Waals surface area (Å²) in [7, 11) is -1.96. The van der Waals surface area contributed by atoms with E-state index in [-0.39, 0.29) is 17.2 Å². The fourth-order valence-corrected chi connectivity index (χ4v) is 4.02. The SMILES string of the molecule is CN1CCC/C1=N\S(=O)(=O)c1ccc(NC(=O)c2cccc(CC#N)c2)cc1. The lowest BCUT2D eigenvalue weighted by Gasteiger charge is -2.11. The standard InChI is InChI=1S/C20H20N4O3S/c1-24-13-3-6-19(24)23-28(26,27)18-9-7-17(8-10-18)22-20(25)16-5-2-4-15(14-16)11-12-21/h2,4-5,7-10,14H,3,6,11,13H2,1H3,(H,22,25)/b23-19+. The molecule has 0 aromatic heterocycles. The average molecular weight is 396 g/mol. The topological polar surface area (TPSA) is 103 Å². The molecule has 28 heavy (non-hydrogen) atoms. The molecule has 1 aliphatic heterocycles. The first kappa shape index (κ1) is 19.6. The summed E-state index contributed by atoms with van der Waals surface area (Å²) in [6.45, 7) is 0.800. The summed E-state index contributed by atoms with van der Waals surface area (Å²) in [4.78, 5) is 14.3. The Morgan fingerprint density at radius 1 is 1.25 bits per heavy atom. The molecule has 0 aliphatic carbocycles. The third-order valence-corrected chi connectivity index (χ3v) is 5.76. The Kier molecular flexibility index (Phi) is 5.76. The highest BCUT2D eigenvalue weighted by Crippen LogP contribution is 2.19. The molecule has 2 aromatic carbocycles. The largest absolute Gasteiger partial charge is 0.362 e. The van der Waals surface area contributed by atoms with Crippen molar-refractivity contribution in [2.24, 2.45) is 4.40 Å². The van der Waals surface area contributed by atoms with Crippen molar-refractivity contribution in [2.75, 3.05) is 18.9 Å². The third kappa shape index (κ3) is 4.56. The van der Waals surface area contributed by atoms with E-state index in [0.29, 0.717) is 23.5 Å². The molecule has 0 radical (unpaired) electrons. The molecule has 1 N–H and O–H groups in total. The second-order valence-electron chi connectivity index (χ2n) is 6.52. The van der Waals surface area contributed by atoms with Crippen LogP contribution in [0.3, 0.4) is 0 Å². The van der Waals surface area contributed by atoms with Crippen molar-refractivity contribution < 1.29 is 13.2 Å². The third-order valence-electron chi connectivity index (χ3n) is 4.44. The van der Waals surface area contributed by atoms with E-state index in [1.807, 2.05) is 18.0 Å². The van der Waals surface area contributed by atoms with Crippen LogP contribution in [-0.4, -0.2) is 38.7 Å². The number of carbonyl (C=O) groups is 1. The van der Waals surface area contributed by atoms with Crippen LogP contribution in [0, 0.1) is 11.3 Å². The van der Waals surface area contributed by atoms with Crippen molar-refractivity contribution in [2.45, 2.75) is 24.2 Å². The summed E-state index contributed by atoms with van der Waals surface area (Å²) in [5.41, 5.74) is 1.66. The lowest BCUT2D eigenvalue weighted by atomic mass is 10.1. The number of hydrogen-bond donors (Lipinski definition) is 1. The van der Waals surface area contributed by atoms with E-state index in [1.54, 1.807) is 24.3 Å². The van der Waals surface area contributed by atoms with Crippen LogP contribution in [0.25, 0.3) is 0 Å². The number of amides is 1. The molecule has 1 amide bonds. The zero-order valence-electron chi connectivity index (χ0n) is 15.4. The number of nitriles is 1. The van der Waals surface area contributed by atoms with Gasteiger partial charge in [0.1, 0.15) is 5.84 Å². The highest BCUT2D eigenvalue weighted by atomic mass is 32.2. The number of rotatable bonds is 5. The van der Waals surface area contributed by atoms with Gasteiger partial charge in [0.2, 0.25) is 0 Å². The van der Waals surface area contributed by atoms with Gasteiger partial charge in [0.25, 0.3) is 15.9 Å². The zero-order chi connectivity index (χ0) is 20.1. The molecular weight excluding hydrogens is 376 g/mol. The molecule has 0 unspecified atom stereocenters. The van der Waals surface area contributed by atoms with Crippen LogP contribution in [0.4, 0.5) is 5.69 Å². The van der Waals surface area contributed by atoms with Gasteiger partial charge in [0.05, 0.1) is 17.4 Å². The number of sulfonamides is 1. The molecule has 1 heterocycles. The van der Waals surface area contributed by atoms with Crippen LogP contribution < -0.4 is 5.32 Å². The van der Waals surface area contributed by atoms with Gasteiger partial charge in [-0.25, -0.2) is 0 Å². The fraction of sp³-hybridized carbons (Fsp3) is 0.250. The van der Waals surface area contributed by atoms with Crippen LogP contribution in [0.15, 0.2) is 57.8 Å². The highest BCUT2D eigenvalue weighted by Gasteiger charge is 2.20. The van der Waals surface area contributed by atoms with Crippen LogP contribution in [0.5, 0.6) is 0 Å². The monoisotopic (exact) mass is 396 g/mol. The summed E-state index contributed by atoms with van der Waals surface area (Å²) in [6.07, 6.45) is 1.77. The van der Waals surface area contributed by atoms with Crippen molar-refractivity contribution >= 4 is 27.5 Å². The van der Waals surface area contributed by atoms with E-state index < -0.39 is 10.0 Å². The number of nitrogens with zero attached hydrogens (tertiary/aromatic N) is 3. The molecule has 0 atom stereocenters. The molecular formula is C20H20N4O3S. The van der Waals surface area contributed by atoms with Crippen molar-refractivity contribution in [1.82, 2.24) is 4.90 Å². The van der Waals surface area contributed by atoms with Crippen molar-refractivity contribution in [3.8, 4) is 6.07 Å². The van der Waals surface area contributed by atoms with E-state index >= 15 is 0 Å². The summed E-state index contributed by atoms with van der Waals surface area (Å²) in [5.74, 6) is 0.234. The Bertz CT molecular complexity index is 1050. The van der Waals surface area contributed by atoms with E-state index in [0.717, 1.165) is 18.5 Å². The molecule has 144 valence electrons. The normalized spacial score (nSPS) is 15.4. The van der Waals surface area contributed by atoms with Gasteiger partial charge in [-0.2, -0.15) is 13.7 Å². The molecule has 3 rings (SSSR count). The first-order valence-corrected chi connectivity index (χ1v) is 10.3. The van der Waals surface area contributed by atoms with Gasteiger partial charge in [-0.3, -0.25) is 4.79 Å². The zero-order valence-corrected chi connectivity index (χ0v) is 16.2. The first-order valence-electron chi connectivity index (χ1n) is 8.81. The maximum atomic E-state index is 12.5. The smallest absolute Gasteiger partial charge is 0.283 e. The van der Waals surface area contributed by atoms with Crippen molar-refractivity contribution in [3.63, 3.8) is 0 Å². The summed E-state index contributed by atoms with van der Waals surface area (Å²) in [6, 6.07) is 14.8. The van der Waals surface area contributed by atoms with E-state index in [2.05, 4.69) is 9.71 Å². The molecule has 7 nitrogen and oxygen atoms in total. The predicted molar refractivity (Wildman–Crippen MR) is 107 cm³/mol. The van der Waals surface area contributed by atoms with Gasteiger partial charge in [0.15, 0.2) is 0 Å². The van der Waals surface area contributed by atoms with Gasteiger partial charge in [0, 0.05) is 31.3 Å². The van der Waals surface area contributed by atoms with Gasteiger partial charge in [-0.15, -0.1) is 4.40 Å². The Morgan fingerprint density at radius 2 is 2.00 bits per heavy atom. The van der Waals surface area contributed by atoms with Crippen LogP contribution in [0.1, 0.15) is 28.8 Å². The number of hydrogen-bond acceptors (Lipinski definition) is 4. The molecule has 0 spiro atoms. The van der Waals surface area contributed by atoms with Gasteiger partial charge in [-0.1, -0.05) is 12.1 Å². The van der Waals surface area contributed by atoms with E-state index in [1.165, 1.54) is 24.3 Å². The molecule has 0 bridgehead atoms. The van der Waals surface area contributed by atoms with Crippen LogP contribution >= 0.6 is 0 Å². The predicted octanol–water partition coefficient (Wildman–Crippen LogP) is 2.82. The molecule has 8 heteroatoms. The number of anilines is 1. The Hall–Kier alpha value is -3.18. The van der Waals surface area contributed by atoms with Gasteiger partial charge in [-0.05, 0) is 48.4 Å². The molecule has 2 aromatic rings. The summed E-state index contributed by atoms with van der Waals surface area (Å²) in [5, 5.41) is 11.5. The van der Waals surface area contributed by atoms with E-state index in [9.17, 15) is 13.2 Å². The lowest BCUT2D eigenvalue weighted by molar-refractivity contribution is 0.102. The van der Waals surface area contributed by atoms with Gasteiger partial charge < -0.3 is 10.2 Å². The number of carbonyl (C=O) groups excluding carboxylic acids is 1. The quantitative estimate of drug-likeness (QED) is 0.837. The minimum absolute atomic E-state index is 0.0781. The Labute approximate surface area is 164 Å². The maximum absolute atomic E-state index is 12.5. The molecule has 1 aliphatic rings. The minimum Gasteiger partial charge on any atom is -0.362 e. The lowest BCUT2D eigenvalue weighted by Crippen LogP contribution is -2.20. The summed E-state index contributed by atoms with van der Waals surface area (Å²) < 4.78 is 28.8.